The Morgan fingerprint density at radius 1 is 1.36 bits per heavy atom. The van der Waals surface area contributed by atoms with Gasteiger partial charge in [0.25, 0.3) is 0 Å². The lowest BCUT2D eigenvalue weighted by atomic mass is 10.3. The van der Waals surface area contributed by atoms with Crippen LogP contribution in [0.25, 0.3) is 0 Å². The third kappa shape index (κ3) is 1.87. The van der Waals surface area contributed by atoms with Gasteiger partial charge in [0.05, 0.1) is 12.8 Å². The zero-order chi connectivity index (χ0) is 8.43. The molecule has 0 bridgehead atoms. The molecule has 0 saturated heterocycles. The molecule has 0 saturated carbocycles. The smallest absolute Gasteiger partial charge is 0.144 e. The van der Waals surface area contributed by atoms with Crippen molar-refractivity contribution in [2.75, 3.05) is 12.8 Å². The summed E-state index contributed by atoms with van der Waals surface area (Å²) in [5.74, 6) is 0.672. The van der Waals surface area contributed by atoms with Crippen molar-refractivity contribution in [2.45, 2.75) is 0 Å². The fraction of sp³-hybridized carbons (Fsp3) is 0.143. The second-order valence-electron chi connectivity index (χ2n) is 2.00. The lowest BCUT2D eigenvalue weighted by molar-refractivity contribution is 0.416. The molecule has 0 aliphatic rings. The van der Waals surface area contributed by atoms with Crippen LogP contribution in [0, 0.1) is 0 Å². The molecule has 60 valence electrons. The Hall–Kier alpha value is -0.220. The molecule has 1 aromatic carbocycles. The lowest BCUT2D eigenvalue weighted by Crippen LogP contribution is -1.92. The van der Waals surface area contributed by atoms with Gasteiger partial charge in [-0.1, -0.05) is 15.9 Å². The van der Waals surface area contributed by atoms with E-state index in [9.17, 15) is 0 Å². The van der Waals surface area contributed by atoms with E-state index in [4.69, 9.17) is 10.5 Å². The molecule has 1 aromatic rings. The number of benzene rings is 1. The van der Waals surface area contributed by atoms with E-state index in [2.05, 4.69) is 31.9 Å². The van der Waals surface area contributed by atoms with Crippen LogP contribution in [0.1, 0.15) is 0 Å². The van der Waals surface area contributed by atoms with Crippen LogP contribution in [0.5, 0.6) is 5.75 Å². The summed E-state index contributed by atoms with van der Waals surface area (Å²) in [6.45, 7) is 0. The molecule has 4 heteroatoms. The molecular formula is C7H7Br2NO. The fourth-order valence-electron chi connectivity index (χ4n) is 0.730. The highest BCUT2D eigenvalue weighted by molar-refractivity contribution is 9.11. The number of methoxy groups -OCH3 is 1. The van der Waals surface area contributed by atoms with E-state index in [0.717, 1.165) is 8.95 Å². The Kier molecular flexibility index (Phi) is 2.78. The predicted octanol–water partition coefficient (Wildman–Crippen LogP) is 2.80. The maximum Gasteiger partial charge on any atom is 0.144 e. The highest BCUT2D eigenvalue weighted by atomic mass is 79.9. The van der Waals surface area contributed by atoms with Gasteiger partial charge in [0.15, 0.2) is 0 Å². The predicted molar refractivity (Wildman–Crippen MR) is 52.8 cm³/mol. The average molecular weight is 281 g/mol. The molecule has 0 aliphatic carbocycles. The summed E-state index contributed by atoms with van der Waals surface area (Å²) in [5.41, 5.74) is 6.29. The van der Waals surface area contributed by atoms with E-state index < -0.39 is 0 Å². The van der Waals surface area contributed by atoms with Gasteiger partial charge in [0.2, 0.25) is 0 Å². The van der Waals surface area contributed by atoms with Gasteiger partial charge in [-0.3, -0.25) is 0 Å². The van der Waals surface area contributed by atoms with Crippen molar-refractivity contribution in [3.05, 3.63) is 21.1 Å². The molecule has 0 aliphatic heterocycles. The van der Waals surface area contributed by atoms with Crippen LogP contribution in [0.2, 0.25) is 0 Å². The summed E-state index contributed by atoms with van der Waals surface area (Å²) in [6.07, 6.45) is 0. The molecule has 0 fully saturated rings. The number of ether oxygens (including phenoxy) is 1. The van der Waals surface area contributed by atoms with Crippen molar-refractivity contribution in [3.63, 3.8) is 0 Å². The number of rotatable bonds is 1. The Morgan fingerprint density at radius 3 is 2.55 bits per heavy atom. The normalized spacial score (nSPS) is 9.73. The minimum atomic E-state index is 0.621. The lowest BCUT2D eigenvalue weighted by Gasteiger charge is -2.05. The molecule has 0 spiro atoms. The minimum Gasteiger partial charge on any atom is -0.495 e. The van der Waals surface area contributed by atoms with Crippen LogP contribution >= 0.6 is 31.9 Å². The monoisotopic (exact) mass is 279 g/mol. The van der Waals surface area contributed by atoms with Crippen LogP contribution in [-0.4, -0.2) is 7.11 Å². The third-order valence-electron chi connectivity index (χ3n) is 1.28. The molecule has 1 rings (SSSR count). The zero-order valence-electron chi connectivity index (χ0n) is 5.90. The molecule has 11 heavy (non-hydrogen) atoms. The molecule has 0 atom stereocenters. The summed E-state index contributed by atoms with van der Waals surface area (Å²) < 4.78 is 6.80. The molecule has 0 amide bonds. The van der Waals surface area contributed by atoms with Crippen molar-refractivity contribution in [3.8, 4) is 5.75 Å². The first-order valence-electron chi connectivity index (χ1n) is 2.93. The Balaban J connectivity index is 3.24. The van der Waals surface area contributed by atoms with Crippen LogP contribution in [0.4, 0.5) is 5.69 Å². The van der Waals surface area contributed by atoms with Crippen molar-refractivity contribution < 1.29 is 4.74 Å². The molecular weight excluding hydrogens is 274 g/mol. The molecule has 2 N–H and O–H groups in total. The van der Waals surface area contributed by atoms with E-state index in [-0.39, 0.29) is 0 Å². The van der Waals surface area contributed by atoms with Gasteiger partial charge in [-0.25, -0.2) is 0 Å². The van der Waals surface area contributed by atoms with Gasteiger partial charge in [-0.05, 0) is 28.1 Å². The standard InChI is InChI=1S/C7H7Br2NO/c1-11-6-3-4(8)2-5(9)7(6)10/h2-3H,10H2,1H3. The van der Waals surface area contributed by atoms with Crippen molar-refractivity contribution >= 4 is 37.5 Å². The van der Waals surface area contributed by atoms with E-state index in [1.807, 2.05) is 12.1 Å². The number of anilines is 1. The van der Waals surface area contributed by atoms with Crippen molar-refractivity contribution in [1.82, 2.24) is 0 Å². The summed E-state index contributed by atoms with van der Waals surface area (Å²) in [7, 11) is 1.59. The van der Waals surface area contributed by atoms with Crippen molar-refractivity contribution in [1.29, 1.82) is 0 Å². The van der Waals surface area contributed by atoms with E-state index in [0.29, 0.717) is 11.4 Å². The second kappa shape index (κ2) is 3.45. The van der Waals surface area contributed by atoms with Gasteiger partial charge in [0, 0.05) is 8.95 Å². The first-order chi connectivity index (χ1) is 5.15. The Morgan fingerprint density at radius 2 is 2.00 bits per heavy atom. The molecule has 0 heterocycles. The van der Waals surface area contributed by atoms with Crippen LogP contribution < -0.4 is 10.5 Å². The number of hydrogen-bond donors (Lipinski definition) is 1. The fourth-order valence-corrected chi connectivity index (χ4v) is 1.92. The van der Waals surface area contributed by atoms with E-state index >= 15 is 0 Å². The summed E-state index contributed by atoms with van der Waals surface area (Å²) in [6, 6.07) is 3.69. The minimum absolute atomic E-state index is 0.621. The van der Waals surface area contributed by atoms with Crippen LogP contribution in [0.15, 0.2) is 21.1 Å². The summed E-state index contributed by atoms with van der Waals surface area (Å²) >= 11 is 6.63. The third-order valence-corrected chi connectivity index (χ3v) is 2.39. The quantitative estimate of drug-likeness (QED) is 0.803. The SMILES string of the molecule is COc1cc(Br)cc(Br)c1N. The van der Waals surface area contributed by atoms with Crippen molar-refractivity contribution in [2.24, 2.45) is 0 Å². The molecule has 0 unspecified atom stereocenters. The first-order valence-corrected chi connectivity index (χ1v) is 4.52. The first kappa shape index (κ1) is 8.87. The largest absolute Gasteiger partial charge is 0.495 e. The molecule has 0 radical (unpaired) electrons. The Labute approximate surface area is 82.0 Å². The summed E-state index contributed by atoms with van der Waals surface area (Å²) in [4.78, 5) is 0. The average Bonchev–Trinajstić information content (AvgIpc) is 1.96. The van der Waals surface area contributed by atoms with Gasteiger partial charge < -0.3 is 10.5 Å². The van der Waals surface area contributed by atoms with Gasteiger partial charge in [-0.15, -0.1) is 0 Å². The number of halogens is 2. The van der Waals surface area contributed by atoms with E-state index in [1.165, 1.54) is 0 Å². The highest BCUT2D eigenvalue weighted by Crippen LogP contribution is 2.33. The van der Waals surface area contributed by atoms with Gasteiger partial charge in [-0.2, -0.15) is 0 Å². The van der Waals surface area contributed by atoms with Gasteiger partial charge >= 0.3 is 0 Å². The maximum atomic E-state index is 5.67. The molecule has 0 aromatic heterocycles. The highest BCUT2D eigenvalue weighted by Gasteiger charge is 2.03. The van der Waals surface area contributed by atoms with Gasteiger partial charge in [0.1, 0.15) is 5.75 Å². The zero-order valence-corrected chi connectivity index (χ0v) is 9.07. The number of nitrogens with two attached hydrogens (primary N) is 1. The maximum absolute atomic E-state index is 5.67. The summed E-state index contributed by atoms with van der Waals surface area (Å²) in [5, 5.41) is 0. The Bertz CT molecular complexity index is 275. The topological polar surface area (TPSA) is 35.2 Å². The van der Waals surface area contributed by atoms with Crippen LogP contribution in [-0.2, 0) is 0 Å². The van der Waals surface area contributed by atoms with Crippen LogP contribution in [0.3, 0.4) is 0 Å². The number of hydrogen-bond acceptors (Lipinski definition) is 2. The number of nitrogen functional groups attached to an aromatic ring is 1. The van der Waals surface area contributed by atoms with E-state index in [1.54, 1.807) is 7.11 Å². The second-order valence-corrected chi connectivity index (χ2v) is 3.77. The molecule has 2 nitrogen and oxygen atoms in total.